The molecule has 0 aliphatic heterocycles. The molecule has 0 N–H and O–H groups in total. The summed E-state index contributed by atoms with van der Waals surface area (Å²) in [4.78, 5) is 26.4. The molecule has 0 radical (unpaired) electrons. The number of benzene rings is 1. The first-order chi connectivity index (χ1) is 12.7. The maximum atomic E-state index is 13.1. The Hall–Kier alpha value is -2.99. The number of aryl methyl sites for hydroxylation is 1. The van der Waals surface area contributed by atoms with Crippen LogP contribution >= 0.6 is 11.8 Å². The van der Waals surface area contributed by atoms with Crippen LogP contribution in [0, 0.1) is 6.92 Å². The van der Waals surface area contributed by atoms with Crippen molar-refractivity contribution in [2.45, 2.75) is 17.8 Å². The van der Waals surface area contributed by atoms with Gasteiger partial charge in [-0.05, 0) is 42.3 Å². The number of hydrogen-bond donors (Lipinski definition) is 0. The Morgan fingerprint density at radius 3 is 2.69 bits per heavy atom. The molecule has 1 aromatic carbocycles. The minimum atomic E-state index is -0.111. The van der Waals surface area contributed by atoms with Crippen LogP contribution < -0.4 is 5.56 Å². The number of pyridine rings is 2. The van der Waals surface area contributed by atoms with Crippen molar-refractivity contribution in [3.05, 3.63) is 88.6 Å². The number of hydrogen-bond acceptors (Lipinski definition) is 5. The van der Waals surface area contributed by atoms with E-state index in [1.807, 2.05) is 55.6 Å². The van der Waals surface area contributed by atoms with Gasteiger partial charge in [0.15, 0.2) is 5.16 Å². The number of fused-ring (bicyclic) bond motifs is 1. The number of para-hydroxylation sites is 1. The van der Waals surface area contributed by atoms with E-state index in [-0.39, 0.29) is 5.56 Å². The molecular weight excluding hydrogens is 344 g/mol. The lowest BCUT2D eigenvalue weighted by molar-refractivity contribution is 0.794. The topological polar surface area (TPSA) is 60.7 Å². The van der Waals surface area contributed by atoms with Crippen LogP contribution in [-0.2, 0) is 5.75 Å². The summed E-state index contributed by atoms with van der Waals surface area (Å²) in [6, 6.07) is 15.1. The molecule has 6 heteroatoms. The Labute approximate surface area is 154 Å². The van der Waals surface area contributed by atoms with Crippen molar-refractivity contribution in [1.82, 2.24) is 19.5 Å². The van der Waals surface area contributed by atoms with Gasteiger partial charge >= 0.3 is 0 Å². The molecule has 0 aliphatic rings. The number of thioether (sulfide) groups is 1. The second kappa shape index (κ2) is 7.09. The van der Waals surface area contributed by atoms with Crippen molar-refractivity contribution in [3.63, 3.8) is 0 Å². The molecule has 0 saturated carbocycles. The summed E-state index contributed by atoms with van der Waals surface area (Å²) in [5, 5.41) is 1.20. The highest BCUT2D eigenvalue weighted by atomic mass is 32.2. The summed E-state index contributed by atoms with van der Waals surface area (Å²) in [5.74, 6) is 1.25. The fourth-order valence-electron chi connectivity index (χ4n) is 2.63. The third-order valence-corrected chi connectivity index (χ3v) is 4.97. The lowest BCUT2D eigenvalue weighted by Crippen LogP contribution is -2.22. The van der Waals surface area contributed by atoms with Crippen molar-refractivity contribution in [3.8, 4) is 5.82 Å². The third-order valence-electron chi connectivity index (χ3n) is 3.96. The molecule has 0 aliphatic carbocycles. The molecule has 3 aromatic heterocycles. The van der Waals surface area contributed by atoms with Gasteiger partial charge in [-0.15, -0.1) is 0 Å². The summed E-state index contributed by atoms with van der Waals surface area (Å²) in [6.07, 6.45) is 5.32. The largest absolute Gasteiger partial charge is 0.268 e. The van der Waals surface area contributed by atoms with Crippen LogP contribution in [0.15, 0.2) is 77.1 Å². The highest BCUT2D eigenvalue weighted by molar-refractivity contribution is 7.98. The van der Waals surface area contributed by atoms with Gasteiger partial charge in [-0.3, -0.25) is 9.78 Å². The van der Waals surface area contributed by atoms with Gasteiger partial charge in [0.25, 0.3) is 5.56 Å². The molecule has 5 nitrogen and oxygen atoms in total. The summed E-state index contributed by atoms with van der Waals surface area (Å²) in [5.41, 5.74) is 2.69. The first-order valence-electron chi connectivity index (χ1n) is 8.19. The van der Waals surface area contributed by atoms with Crippen molar-refractivity contribution >= 4 is 22.7 Å². The maximum Gasteiger partial charge on any atom is 0.267 e. The van der Waals surface area contributed by atoms with Crippen LogP contribution in [0.3, 0.4) is 0 Å². The molecule has 0 atom stereocenters. The highest BCUT2D eigenvalue weighted by Gasteiger charge is 2.14. The molecule has 0 fully saturated rings. The van der Waals surface area contributed by atoms with Crippen LogP contribution in [0.4, 0.5) is 0 Å². The molecule has 0 spiro atoms. The predicted molar refractivity (Wildman–Crippen MR) is 104 cm³/mol. The van der Waals surface area contributed by atoms with E-state index in [0.29, 0.717) is 27.6 Å². The van der Waals surface area contributed by atoms with Gasteiger partial charge in [-0.1, -0.05) is 36.0 Å². The Balaban J connectivity index is 1.85. The lowest BCUT2D eigenvalue weighted by Gasteiger charge is -2.12. The Bertz CT molecular complexity index is 1110. The standard InChI is InChI=1S/C20H16N4OS/c1-14-8-9-18(22-11-14)24-19(25)16-6-2-3-7-17(16)23-20(24)26-13-15-5-4-10-21-12-15/h2-12H,13H2,1H3. The van der Waals surface area contributed by atoms with E-state index in [1.165, 1.54) is 11.8 Å². The van der Waals surface area contributed by atoms with Crippen molar-refractivity contribution < 1.29 is 0 Å². The molecule has 0 saturated heterocycles. The quantitative estimate of drug-likeness (QED) is 0.409. The third kappa shape index (κ3) is 3.23. The highest BCUT2D eigenvalue weighted by Crippen LogP contribution is 2.23. The summed E-state index contributed by atoms with van der Waals surface area (Å²) < 4.78 is 1.59. The first kappa shape index (κ1) is 16.5. The summed E-state index contributed by atoms with van der Waals surface area (Å²) in [7, 11) is 0. The zero-order valence-electron chi connectivity index (χ0n) is 14.2. The zero-order valence-corrected chi connectivity index (χ0v) is 15.0. The number of rotatable bonds is 4. The van der Waals surface area contributed by atoms with Crippen molar-refractivity contribution in [2.24, 2.45) is 0 Å². The average molecular weight is 360 g/mol. The second-order valence-electron chi connectivity index (χ2n) is 5.90. The van der Waals surface area contributed by atoms with E-state index in [1.54, 1.807) is 23.0 Å². The molecule has 26 heavy (non-hydrogen) atoms. The average Bonchev–Trinajstić information content (AvgIpc) is 2.68. The molecule has 3 heterocycles. The van der Waals surface area contributed by atoms with E-state index >= 15 is 0 Å². The molecule has 0 amide bonds. The second-order valence-corrected chi connectivity index (χ2v) is 6.84. The summed E-state index contributed by atoms with van der Waals surface area (Å²) in [6.45, 7) is 1.97. The fraction of sp³-hybridized carbons (Fsp3) is 0.100. The molecule has 0 bridgehead atoms. The Kier molecular flexibility index (Phi) is 4.50. The van der Waals surface area contributed by atoms with Gasteiger partial charge in [0.05, 0.1) is 10.9 Å². The molecule has 4 rings (SSSR count). The van der Waals surface area contributed by atoms with Gasteiger partial charge < -0.3 is 0 Å². The van der Waals surface area contributed by atoms with Gasteiger partial charge in [-0.25, -0.2) is 14.5 Å². The molecule has 4 aromatic rings. The Morgan fingerprint density at radius 2 is 1.92 bits per heavy atom. The van der Waals surface area contributed by atoms with Gasteiger partial charge in [0.1, 0.15) is 5.82 Å². The van der Waals surface area contributed by atoms with E-state index in [2.05, 4.69) is 9.97 Å². The molecule has 0 unspecified atom stereocenters. The van der Waals surface area contributed by atoms with E-state index in [9.17, 15) is 4.79 Å². The number of nitrogens with zero attached hydrogens (tertiary/aromatic N) is 4. The first-order valence-corrected chi connectivity index (χ1v) is 9.17. The smallest absolute Gasteiger partial charge is 0.267 e. The monoisotopic (exact) mass is 360 g/mol. The van der Waals surface area contributed by atoms with E-state index in [0.717, 1.165) is 11.1 Å². The van der Waals surface area contributed by atoms with Crippen LogP contribution in [-0.4, -0.2) is 19.5 Å². The SMILES string of the molecule is Cc1ccc(-n2c(SCc3cccnc3)nc3ccccc3c2=O)nc1. The van der Waals surface area contributed by atoms with Gasteiger partial charge in [0.2, 0.25) is 0 Å². The zero-order chi connectivity index (χ0) is 17.9. The van der Waals surface area contributed by atoms with Crippen molar-refractivity contribution in [1.29, 1.82) is 0 Å². The van der Waals surface area contributed by atoms with Crippen LogP contribution in [0.1, 0.15) is 11.1 Å². The molecular formula is C20H16N4OS. The van der Waals surface area contributed by atoms with Gasteiger partial charge in [-0.2, -0.15) is 0 Å². The van der Waals surface area contributed by atoms with E-state index < -0.39 is 0 Å². The maximum absolute atomic E-state index is 13.1. The molecule has 128 valence electrons. The minimum Gasteiger partial charge on any atom is -0.268 e. The summed E-state index contributed by atoms with van der Waals surface area (Å²) >= 11 is 1.50. The van der Waals surface area contributed by atoms with Crippen LogP contribution in [0.25, 0.3) is 16.7 Å². The van der Waals surface area contributed by atoms with Gasteiger partial charge in [0, 0.05) is 24.3 Å². The lowest BCUT2D eigenvalue weighted by atomic mass is 10.2. The van der Waals surface area contributed by atoms with Crippen LogP contribution in [0.2, 0.25) is 0 Å². The van der Waals surface area contributed by atoms with Crippen molar-refractivity contribution in [2.75, 3.05) is 0 Å². The fourth-order valence-corrected chi connectivity index (χ4v) is 3.57. The predicted octanol–water partition coefficient (Wildman–Crippen LogP) is 3.78. The number of aromatic nitrogens is 4. The minimum absolute atomic E-state index is 0.111. The Morgan fingerprint density at radius 1 is 1.04 bits per heavy atom. The van der Waals surface area contributed by atoms with E-state index in [4.69, 9.17) is 4.98 Å². The van der Waals surface area contributed by atoms with Crippen LogP contribution in [0.5, 0.6) is 0 Å². The normalized spacial score (nSPS) is 11.0.